The predicted octanol–water partition coefficient (Wildman–Crippen LogP) is 2.95. The molecule has 1 saturated carbocycles. The Morgan fingerprint density at radius 3 is 2.57 bits per heavy atom. The van der Waals surface area contributed by atoms with Gasteiger partial charge in [0, 0.05) is 16.2 Å². The molecule has 3 fully saturated rings. The molecule has 1 aromatic heterocycles. The number of hydrogen-bond donors (Lipinski definition) is 1. The summed E-state index contributed by atoms with van der Waals surface area (Å²) in [6, 6.07) is 2.38. The van der Waals surface area contributed by atoms with Crippen LogP contribution in [0.5, 0.6) is 0 Å². The SMILES string of the molecule is CC(C)(C(=O)N1CC2CCC1CC2)c1cc(I)c(N)cn1. The molecular formula is C16H22IN3O. The van der Waals surface area contributed by atoms with Crippen LogP contribution in [0.3, 0.4) is 0 Å². The van der Waals surface area contributed by atoms with E-state index >= 15 is 0 Å². The molecule has 5 heteroatoms. The number of halogens is 1. The van der Waals surface area contributed by atoms with E-state index in [-0.39, 0.29) is 5.91 Å². The molecule has 21 heavy (non-hydrogen) atoms. The molecule has 4 nitrogen and oxygen atoms in total. The van der Waals surface area contributed by atoms with Crippen LogP contribution in [-0.2, 0) is 10.2 Å². The maximum absolute atomic E-state index is 13.1. The Morgan fingerprint density at radius 2 is 2.05 bits per heavy atom. The van der Waals surface area contributed by atoms with Crippen molar-refractivity contribution in [1.29, 1.82) is 0 Å². The Morgan fingerprint density at radius 1 is 1.38 bits per heavy atom. The lowest BCUT2D eigenvalue weighted by molar-refractivity contribution is -0.144. The van der Waals surface area contributed by atoms with Gasteiger partial charge in [0.25, 0.3) is 0 Å². The lowest BCUT2D eigenvalue weighted by atomic mass is 9.77. The van der Waals surface area contributed by atoms with Crippen molar-refractivity contribution in [2.24, 2.45) is 5.92 Å². The molecule has 4 rings (SSSR count). The van der Waals surface area contributed by atoms with Crippen LogP contribution in [0.2, 0.25) is 0 Å². The van der Waals surface area contributed by atoms with E-state index in [2.05, 4.69) is 32.5 Å². The second-order valence-electron chi connectivity index (χ2n) is 6.85. The average Bonchev–Trinajstić information content (AvgIpc) is 2.50. The van der Waals surface area contributed by atoms with Crippen LogP contribution >= 0.6 is 22.6 Å². The fourth-order valence-corrected chi connectivity index (χ4v) is 4.00. The molecule has 3 aliphatic rings. The zero-order valence-corrected chi connectivity index (χ0v) is 14.8. The molecule has 2 saturated heterocycles. The molecule has 2 bridgehead atoms. The normalized spacial score (nSPS) is 25.2. The summed E-state index contributed by atoms with van der Waals surface area (Å²) in [5.74, 6) is 0.916. The topological polar surface area (TPSA) is 59.2 Å². The molecule has 2 aliphatic heterocycles. The number of nitrogens with zero attached hydrogens (tertiary/aromatic N) is 2. The van der Waals surface area contributed by atoms with Crippen molar-refractivity contribution >= 4 is 34.2 Å². The van der Waals surface area contributed by atoms with E-state index in [1.807, 2.05) is 19.9 Å². The first kappa shape index (κ1) is 15.1. The third-order valence-corrected chi connectivity index (χ3v) is 5.96. The highest BCUT2D eigenvalue weighted by Crippen LogP contribution is 2.38. The number of fused-ring (bicyclic) bond motifs is 3. The minimum atomic E-state index is -0.592. The number of amides is 1. The summed E-state index contributed by atoms with van der Waals surface area (Å²) < 4.78 is 0.957. The Balaban J connectivity index is 1.86. The summed E-state index contributed by atoms with van der Waals surface area (Å²) >= 11 is 2.20. The standard InChI is InChI=1S/C16H22IN3O/c1-16(2,14-7-12(17)13(18)8-19-14)15(21)20-9-10-3-5-11(20)6-4-10/h7-8,10-11H,3-6,9,18H2,1-2H3. The van der Waals surface area contributed by atoms with Crippen molar-refractivity contribution in [3.05, 3.63) is 21.5 Å². The Bertz CT molecular complexity index is 565. The molecule has 1 aliphatic carbocycles. The number of pyridine rings is 1. The zero-order valence-electron chi connectivity index (χ0n) is 12.6. The first-order valence-corrected chi connectivity index (χ1v) is 8.70. The maximum Gasteiger partial charge on any atom is 0.234 e. The predicted molar refractivity (Wildman–Crippen MR) is 91.9 cm³/mol. The summed E-state index contributed by atoms with van der Waals surface area (Å²) in [5.41, 5.74) is 6.72. The number of anilines is 1. The smallest absolute Gasteiger partial charge is 0.234 e. The highest BCUT2D eigenvalue weighted by atomic mass is 127. The minimum absolute atomic E-state index is 0.213. The number of aromatic nitrogens is 1. The van der Waals surface area contributed by atoms with Crippen molar-refractivity contribution in [2.45, 2.75) is 51.0 Å². The molecule has 0 radical (unpaired) electrons. The molecule has 1 amide bonds. The summed E-state index contributed by atoms with van der Waals surface area (Å²) in [4.78, 5) is 19.6. The summed E-state index contributed by atoms with van der Waals surface area (Å²) in [7, 11) is 0. The molecular weight excluding hydrogens is 377 g/mol. The Labute approximate surface area is 139 Å². The summed E-state index contributed by atoms with van der Waals surface area (Å²) in [5, 5.41) is 0. The lowest BCUT2D eigenvalue weighted by Gasteiger charge is -2.47. The first-order chi connectivity index (χ1) is 9.89. The number of carbonyl (C=O) groups excluding carboxylic acids is 1. The summed E-state index contributed by atoms with van der Waals surface area (Å²) in [6.07, 6.45) is 6.56. The third-order valence-electron chi connectivity index (χ3n) is 5.03. The number of piperidine rings is 2. The van der Waals surface area contributed by atoms with Crippen LogP contribution in [-0.4, -0.2) is 28.4 Å². The number of nitrogens with two attached hydrogens (primary N) is 1. The van der Waals surface area contributed by atoms with Gasteiger partial charge in [-0.3, -0.25) is 9.78 Å². The van der Waals surface area contributed by atoms with Crippen LogP contribution in [0.15, 0.2) is 12.3 Å². The monoisotopic (exact) mass is 399 g/mol. The zero-order chi connectivity index (χ0) is 15.2. The van der Waals surface area contributed by atoms with Crippen molar-refractivity contribution in [3.63, 3.8) is 0 Å². The Hall–Kier alpha value is -0.850. The van der Waals surface area contributed by atoms with Crippen LogP contribution in [0.1, 0.15) is 45.2 Å². The van der Waals surface area contributed by atoms with E-state index in [1.165, 1.54) is 25.7 Å². The lowest BCUT2D eigenvalue weighted by Crippen LogP contribution is -2.55. The van der Waals surface area contributed by atoms with Crippen LogP contribution in [0.25, 0.3) is 0 Å². The van der Waals surface area contributed by atoms with E-state index in [4.69, 9.17) is 5.73 Å². The second-order valence-corrected chi connectivity index (χ2v) is 8.01. The van der Waals surface area contributed by atoms with E-state index in [0.29, 0.717) is 17.6 Å². The first-order valence-electron chi connectivity index (χ1n) is 7.62. The van der Waals surface area contributed by atoms with E-state index in [9.17, 15) is 4.79 Å². The van der Waals surface area contributed by atoms with Crippen LogP contribution < -0.4 is 5.73 Å². The molecule has 1 aromatic rings. The highest BCUT2D eigenvalue weighted by molar-refractivity contribution is 14.1. The molecule has 0 atom stereocenters. The van der Waals surface area contributed by atoms with Gasteiger partial charge in [0.15, 0.2) is 0 Å². The van der Waals surface area contributed by atoms with E-state index < -0.39 is 5.41 Å². The van der Waals surface area contributed by atoms with Gasteiger partial charge in [0.05, 0.1) is 23.0 Å². The van der Waals surface area contributed by atoms with Crippen LogP contribution in [0.4, 0.5) is 5.69 Å². The van der Waals surface area contributed by atoms with Crippen molar-refractivity contribution in [3.8, 4) is 0 Å². The number of nitrogen functional groups attached to an aromatic ring is 1. The van der Waals surface area contributed by atoms with Crippen molar-refractivity contribution < 1.29 is 4.79 Å². The number of carbonyl (C=O) groups is 1. The number of rotatable bonds is 2. The average molecular weight is 399 g/mol. The van der Waals surface area contributed by atoms with Crippen molar-refractivity contribution in [2.75, 3.05) is 12.3 Å². The maximum atomic E-state index is 13.1. The molecule has 2 N–H and O–H groups in total. The van der Waals surface area contributed by atoms with E-state index in [1.54, 1.807) is 6.20 Å². The van der Waals surface area contributed by atoms with Gasteiger partial charge in [-0.1, -0.05) is 0 Å². The molecule has 3 heterocycles. The fourth-order valence-electron chi connectivity index (χ4n) is 3.57. The van der Waals surface area contributed by atoms with Gasteiger partial charge >= 0.3 is 0 Å². The van der Waals surface area contributed by atoms with Gasteiger partial charge in [0.1, 0.15) is 0 Å². The van der Waals surface area contributed by atoms with Gasteiger partial charge in [-0.05, 0) is 74.1 Å². The second kappa shape index (κ2) is 5.41. The Kier molecular flexibility index (Phi) is 3.88. The third kappa shape index (κ3) is 2.64. The minimum Gasteiger partial charge on any atom is -0.397 e. The van der Waals surface area contributed by atoms with Crippen molar-refractivity contribution in [1.82, 2.24) is 9.88 Å². The highest BCUT2D eigenvalue weighted by Gasteiger charge is 2.42. The molecule has 0 spiro atoms. The molecule has 114 valence electrons. The van der Waals surface area contributed by atoms with Gasteiger partial charge in [-0.15, -0.1) is 0 Å². The van der Waals surface area contributed by atoms with Gasteiger partial charge < -0.3 is 10.6 Å². The van der Waals surface area contributed by atoms with Gasteiger partial charge in [-0.2, -0.15) is 0 Å². The number of hydrogen-bond acceptors (Lipinski definition) is 3. The fraction of sp³-hybridized carbons (Fsp3) is 0.625. The van der Waals surface area contributed by atoms with E-state index in [0.717, 1.165) is 15.8 Å². The van der Waals surface area contributed by atoms with Gasteiger partial charge in [0.2, 0.25) is 5.91 Å². The molecule has 0 unspecified atom stereocenters. The quantitative estimate of drug-likeness (QED) is 0.779. The molecule has 0 aromatic carbocycles. The van der Waals surface area contributed by atoms with Gasteiger partial charge in [-0.25, -0.2) is 0 Å². The largest absolute Gasteiger partial charge is 0.397 e. The summed E-state index contributed by atoms with van der Waals surface area (Å²) in [6.45, 7) is 4.89. The van der Waals surface area contributed by atoms with Crippen LogP contribution in [0, 0.1) is 9.49 Å².